The van der Waals surface area contributed by atoms with E-state index in [1.54, 1.807) is 6.07 Å². The number of fused-ring (bicyclic) bond motifs is 1. The number of hydrogen-bond acceptors (Lipinski definition) is 7. The molecule has 0 spiro atoms. The number of aliphatic imine (C=N–C) groups is 1. The van der Waals surface area contributed by atoms with E-state index in [-0.39, 0.29) is 41.9 Å². The minimum atomic E-state index is -4.61. The van der Waals surface area contributed by atoms with Crippen molar-refractivity contribution in [3.63, 3.8) is 0 Å². The van der Waals surface area contributed by atoms with Gasteiger partial charge in [-0.25, -0.2) is 9.38 Å². The average Bonchev–Trinajstić information content (AvgIpc) is 2.83. The van der Waals surface area contributed by atoms with Gasteiger partial charge in [-0.3, -0.25) is 4.79 Å². The van der Waals surface area contributed by atoms with Crippen molar-refractivity contribution in [3.05, 3.63) is 53.3 Å². The van der Waals surface area contributed by atoms with E-state index in [2.05, 4.69) is 10.3 Å². The van der Waals surface area contributed by atoms with Crippen LogP contribution in [0.3, 0.4) is 0 Å². The van der Waals surface area contributed by atoms with Crippen molar-refractivity contribution in [1.82, 2.24) is 10.2 Å². The van der Waals surface area contributed by atoms with Crippen LogP contribution in [-0.2, 0) is 15.7 Å². The van der Waals surface area contributed by atoms with Crippen LogP contribution in [0.4, 0.5) is 28.9 Å². The second-order valence-electron chi connectivity index (χ2n) is 7.88. The molecule has 0 aliphatic carbocycles. The lowest BCUT2D eigenvalue weighted by molar-refractivity contribution is -0.141. The van der Waals surface area contributed by atoms with Crippen molar-refractivity contribution in [2.24, 2.45) is 4.99 Å². The summed E-state index contributed by atoms with van der Waals surface area (Å²) in [4.78, 5) is 20.3. The number of alkyl halides is 3. The standard InChI is InChI=1S/C23H24F4N4O3.ClH/c1-33-19-7-6-14(23(25,26)27)12-18(19)31-17(13-20(32)34-2)15-4-3-5-16(24)21(15)29-22(31)30-10-8-28-9-11-30;/h3-7,12,17,28H,8-11,13H2,1-2H3;1H. The molecule has 1 unspecified atom stereocenters. The number of guanidine groups is 1. The maximum Gasteiger partial charge on any atom is 0.416 e. The third-order valence-corrected chi connectivity index (χ3v) is 5.87. The first kappa shape index (κ1) is 26.6. The molecule has 0 radical (unpaired) electrons. The van der Waals surface area contributed by atoms with Crippen molar-refractivity contribution >= 4 is 35.7 Å². The molecule has 190 valence electrons. The van der Waals surface area contributed by atoms with Gasteiger partial charge < -0.3 is 24.6 Å². The van der Waals surface area contributed by atoms with Crippen molar-refractivity contribution < 1.29 is 31.8 Å². The van der Waals surface area contributed by atoms with E-state index in [4.69, 9.17) is 9.47 Å². The summed E-state index contributed by atoms with van der Waals surface area (Å²) < 4.78 is 66.1. The maximum atomic E-state index is 14.9. The van der Waals surface area contributed by atoms with Crippen LogP contribution < -0.4 is 15.0 Å². The monoisotopic (exact) mass is 516 g/mol. The number of methoxy groups -OCH3 is 2. The van der Waals surface area contributed by atoms with Gasteiger partial charge in [0.15, 0.2) is 0 Å². The fourth-order valence-electron chi connectivity index (χ4n) is 4.21. The van der Waals surface area contributed by atoms with Gasteiger partial charge in [-0.05, 0) is 24.3 Å². The number of esters is 1. The number of carbonyl (C=O) groups excluding carboxylic acids is 1. The molecule has 0 bridgehead atoms. The molecule has 1 N–H and O–H groups in total. The first-order valence-corrected chi connectivity index (χ1v) is 10.7. The largest absolute Gasteiger partial charge is 0.495 e. The van der Waals surface area contributed by atoms with Crippen LogP contribution in [0.1, 0.15) is 23.6 Å². The molecule has 2 aliphatic rings. The lowest BCUT2D eigenvalue weighted by atomic mass is 9.96. The van der Waals surface area contributed by atoms with Crippen molar-refractivity contribution in [2.45, 2.75) is 18.6 Å². The summed E-state index contributed by atoms with van der Waals surface area (Å²) >= 11 is 0. The number of ether oxygens (including phenoxy) is 2. The van der Waals surface area contributed by atoms with Crippen LogP contribution in [0.5, 0.6) is 5.75 Å². The Balaban J connectivity index is 0.00000342. The second kappa shape index (κ2) is 10.7. The molecule has 2 aliphatic heterocycles. The molecule has 7 nitrogen and oxygen atoms in total. The molecule has 2 aromatic rings. The molecule has 0 amide bonds. The Bertz CT molecular complexity index is 1110. The van der Waals surface area contributed by atoms with Crippen molar-refractivity contribution in [2.75, 3.05) is 45.3 Å². The highest BCUT2D eigenvalue weighted by Gasteiger charge is 2.40. The van der Waals surface area contributed by atoms with Crippen LogP contribution in [0.15, 0.2) is 41.4 Å². The molecule has 12 heteroatoms. The van der Waals surface area contributed by atoms with Gasteiger partial charge in [0.05, 0.1) is 37.9 Å². The number of hydrogen-bond donors (Lipinski definition) is 1. The normalized spacial score (nSPS) is 17.8. The average molecular weight is 517 g/mol. The van der Waals surface area contributed by atoms with E-state index in [0.29, 0.717) is 31.7 Å². The molecule has 4 rings (SSSR count). The quantitative estimate of drug-likeness (QED) is 0.483. The third kappa shape index (κ3) is 5.30. The van der Waals surface area contributed by atoms with Crippen LogP contribution >= 0.6 is 12.4 Å². The Morgan fingerprint density at radius 3 is 2.51 bits per heavy atom. The van der Waals surface area contributed by atoms with Crippen LogP contribution in [-0.4, -0.2) is 57.2 Å². The van der Waals surface area contributed by atoms with E-state index in [1.807, 2.05) is 4.90 Å². The molecule has 35 heavy (non-hydrogen) atoms. The number of nitrogens with one attached hydrogen (secondary N) is 1. The summed E-state index contributed by atoms with van der Waals surface area (Å²) in [6.45, 7) is 2.20. The van der Waals surface area contributed by atoms with E-state index >= 15 is 0 Å². The van der Waals surface area contributed by atoms with Crippen molar-refractivity contribution in [1.29, 1.82) is 0 Å². The maximum absolute atomic E-state index is 14.9. The first-order valence-electron chi connectivity index (χ1n) is 10.7. The number of para-hydroxylation sites is 1. The number of piperazine rings is 1. The molecule has 1 fully saturated rings. The van der Waals surface area contributed by atoms with E-state index in [1.165, 1.54) is 37.3 Å². The van der Waals surface area contributed by atoms with Gasteiger partial charge in [-0.1, -0.05) is 12.1 Å². The molecule has 2 aromatic carbocycles. The van der Waals surface area contributed by atoms with Crippen molar-refractivity contribution in [3.8, 4) is 5.75 Å². The molecule has 1 atom stereocenters. The number of rotatable bonds is 4. The van der Waals surface area contributed by atoms with Gasteiger partial charge in [0.1, 0.15) is 17.3 Å². The molecule has 0 saturated carbocycles. The Morgan fingerprint density at radius 1 is 1.17 bits per heavy atom. The zero-order chi connectivity index (χ0) is 24.5. The highest BCUT2D eigenvalue weighted by atomic mass is 35.5. The number of carbonyl (C=O) groups is 1. The summed E-state index contributed by atoms with van der Waals surface area (Å²) in [6.07, 6.45) is -4.84. The topological polar surface area (TPSA) is 66.4 Å². The zero-order valence-electron chi connectivity index (χ0n) is 19.1. The highest BCUT2D eigenvalue weighted by molar-refractivity contribution is 6.02. The molecular formula is C23H25ClF4N4O3. The number of benzene rings is 2. The summed E-state index contributed by atoms with van der Waals surface area (Å²) in [6, 6.07) is 6.58. The van der Waals surface area contributed by atoms with Crippen LogP contribution in [0.25, 0.3) is 0 Å². The molecular weight excluding hydrogens is 492 g/mol. The summed E-state index contributed by atoms with van der Waals surface area (Å²) in [5.74, 6) is -0.787. The van der Waals surface area contributed by atoms with E-state index in [0.717, 1.165) is 12.1 Å². The van der Waals surface area contributed by atoms with Gasteiger partial charge in [0.25, 0.3) is 0 Å². The Morgan fingerprint density at radius 2 is 1.89 bits per heavy atom. The fourth-order valence-corrected chi connectivity index (χ4v) is 4.21. The van der Waals surface area contributed by atoms with Gasteiger partial charge in [-0.15, -0.1) is 12.4 Å². The summed E-state index contributed by atoms with van der Waals surface area (Å²) in [5.41, 5.74) is -0.404. The minimum absolute atomic E-state index is 0. The lowest BCUT2D eigenvalue weighted by Gasteiger charge is -2.43. The van der Waals surface area contributed by atoms with Gasteiger partial charge in [-0.2, -0.15) is 13.2 Å². The SMILES string of the molecule is COC(=O)CC1c2cccc(F)c2N=C(N2CCNCC2)N1c1cc(C(F)(F)F)ccc1OC.Cl. The zero-order valence-corrected chi connectivity index (χ0v) is 19.9. The number of halogens is 5. The Hall–Kier alpha value is -3.05. The first-order chi connectivity index (χ1) is 16.2. The lowest BCUT2D eigenvalue weighted by Crippen LogP contribution is -2.54. The van der Waals surface area contributed by atoms with Crippen LogP contribution in [0, 0.1) is 5.82 Å². The molecule has 2 heterocycles. The molecule has 1 saturated heterocycles. The number of anilines is 1. The Kier molecular flexibility index (Phi) is 8.11. The van der Waals surface area contributed by atoms with Crippen LogP contribution in [0.2, 0.25) is 0 Å². The second-order valence-corrected chi connectivity index (χ2v) is 7.88. The van der Waals surface area contributed by atoms with Gasteiger partial charge in [0, 0.05) is 31.7 Å². The van der Waals surface area contributed by atoms with E-state index < -0.39 is 29.6 Å². The highest BCUT2D eigenvalue weighted by Crippen LogP contribution is 2.46. The van der Waals surface area contributed by atoms with Gasteiger partial charge in [0.2, 0.25) is 5.96 Å². The Labute approximate surface area is 206 Å². The third-order valence-electron chi connectivity index (χ3n) is 5.87. The number of nitrogens with zero attached hydrogens (tertiary/aromatic N) is 3. The minimum Gasteiger partial charge on any atom is -0.495 e. The molecule has 0 aromatic heterocycles. The fraction of sp³-hybridized carbons (Fsp3) is 0.391. The van der Waals surface area contributed by atoms with Gasteiger partial charge >= 0.3 is 12.1 Å². The summed E-state index contributed by atoms with van der Waals surface area (Å²) in [7, 11) is 2.57. The predicted molar refractivity (Wildman–Crippen MR) is 125 cm³/mol. The predicted octanol–water partition coefficient (Wildman–Crippen LogP) is 4.29. The van der Waals surface area contributed by atoms with E-state index in [9.17, 15) is 22.4 Å². The smallest absolute Gasteiger partial charge is 0.416 e. The summed E-state index contributed by atoms with van der Waals surface area (Å²) in [5, 5.41) is 3.21.